The molecule has 23 heavy (non-hydrogen) atoms. The monoisotopic (exact) mass is 314 g/mol. The summed E-state index contributed by atoms with van der Waals surface area (Å²) in [5.74, 6) is 1.39. The number of nitrogens with zero attached hydrogens (tertiary/aromatic N) is 2. The number of hydrogen-bond acceptors (Lipinski definition) is 3. The lowest BCUT2D eigenvalue weighted by molar-refractivity contribution is 0.0620. The number of piperidine rings is 1. The van der Waals surface area contributed by atoms with E-state index in [1.807, 2.05) is 35.0 Å². The zero-order valence-corrected chi connectivity index (χ0v) is 14.0. The molecule has 0 bridgehead atoms. The molecule has 124 valence electrons. The van der Waals surface area contributed by atoms with Crippen molar-refractivity contribution in [3.63, 3.8) is 0 Å². The average molecular weight is 314 g/mol. The van der Waals surface area contributed by atoms with E-state index in [1.54, 1.807) is 0 Å². The lowest BCUT2D eigenvalue weighted by Gasteiger charge is -2.36. The van der Waals surface area contributed by atoms with Gasteiger partial charge in [-0.05, 0) is 24.3 Å². The number of para-hydroxylation sites is 1. The first-order valence-corrected chi connectivity index (χ1v) is 8.50. The molecule has 1 aliphatic heterocycles. The lowest BCUT2D eigenvalue weighted by Crippen LogP contribution is -2.43. The Morgan fingerprint density at radius 3 is 2.61 bits per heavy atom. The van der Waals surface area contributed by atoms with Crippen LogP contribution in [0.25, 0.3) is 10.9 Å². The van der Waals surface area contributed by atoms with Crippen molar-refractivity contribution >= 4 is 17.2 Å². The number of carbonyl (C=O) groups is 1. The third-order valence-corrected chi connectivity index (χ3v) is 4.77. The van der Waals surface area contributed by atoms with E-state index in [2.05, 4.69) is 18.7 Å². The number of aliphatic hydroxyl groups excluding tert-OH is 1. The van der Waals surface area contributed by atoms with Crippen LogP contribution in [-0.2, 0) is 6.54 Å². The van der Waals surface area contributed by atoms with Crippen molar-refractivity contribution in [1.29, 1.82) is 0 Å². The number of β-amino-alcohol motifs (C(OH)–C–C–N with tert-alkyl or cyclic N) is 1. The molecule has 1 aliphatic rings. The van der Waals surface area contributed by atoms with Crippen LogP contribution in [0.4, 0.5) is 0 Å². The van der Waals surface area contributed by atoms with E-state index in [1.165, 1.54) is 6.42 Å². The molecule has 0 spiro atoms. The van der Waals surface area contributed by atoms with Crippen molar-refractivity contribution in [2.75, 3.05) is 19.6 Å². The standard InChI is InChI=1S/C19H26N2O2/c1-14-7-15(2)9-20(8-14)11-17(23)12-21-10-16(13-22)18-5-3-4-6-19(18)21/h3-6,10,13-15,17,23H,7-9,11-12H2,1-2H3. The summed E-state index contributed by atoms with van der Waals surface area (Å²) in [6.45, 7) is 7.90. The molecular formula is C19H26N2O2. The molecule has 1 fully saturated rings. The fraction of sp³-hybridized carbons (Fsp3) is 0.526. The van der Waals surface area contributed by atoms with Crippen molar-refractivity contribution in [2.45, 2.75) is 32.9 Å². The van der Waals surface area contributed by atoms with E-state index >= 15 is 0 Å². The maximum atomic E-state index is 11.2. The van der Waals surface area contributed by atoms with Gasteiger partial charge in [0.05, 0.1) is 6.10 Å². The molecule has 0 amide bonds. The molecule has 1 aromatic carbocycles. The number of benzene rings is 1. The number of carbonyl (C=O) groups excluding carboxylic acids is 1. The molecule has 0 aliphatic carbocycles. The van der Waals surface area contributed by atoms with Crippen LogP contribution in [0.15, 0.2) is 30.5 Å². The van der Waals surface area contributed by atoms with Crippen LogP contribution in [0, 0.1) is 11.8 Å². The van der Waals surface area contributed by atoms with Gasteiger partial charge in [0.1, 0.15) is 0 Å². The van der Waals surface area contributed by atoms with Crippen LogP contribution < -0.4 is 0 Å². The van der Waals surface area contributed by atoms with Gasteiger partial charge in [0, 0.05) is 48.8 Å². The zero-order chi connectivity index (χ0) is 16.4. The number of hydrogen-bond donors (Lipinski definition) is 1. The Balaban J connectivity index is 1.70. The Kier molecular flexibility index (Phi) is 4.83. The SMILES string of the molecule is CC1CC(C)CN(CC(O)Cn2cc(C=O)c3ccccc32)C1. The molecule has 3 rings (SSSR count). The number of likely N-dealkylation sites (tertiary alicyclic amines) is 1. The third-order valence-electron chi connectivity index (χ3n) is 4.77. The first kappa shape index (κ1) is 16.2. The number of aromatic nitrogens is 1. The van der Waals surface area contributed by atoms with Crippen LogP contribution in [-0.4, -0.2) is 46.6 Å². The highest BCUT2D eigenvalue weighted by Gasteiger charge is 2.23. The van der Waals surface area contributed by atoms with Gasteiger partial charge in [0.15, 0.2) is 6.29 Å². The van der Waals surface area contributed by atoms with E-state index in [9.17, 15) is 9.90 Å². The van der Waals surface area contributed by atoms with Gasteiger partial charge >= 0.3 is 0 Å². The molecule has 3 atom stereocenters. The Bertz CT molecular complexity index is 669. The van der Waals surface area contributed by atoms with Gasteiger partial charge in [-0.25, -0.2) is 0 Å². The smallest absolute Gasteiger partial charge is 0.152 e. The quantitative estimate of drug-likeness (QED) is 0.863. The van der Waals surface area contributed by atoms with Crippen LogP contribution in [0.3, 0.4) is 0 Å². The van der Waals surface area contributed by atoms with Gasteiger partial charge in [-0.3, -0.25) is 4.79 Å². The normalized spacial score (nSPS) is 24.0. The number of rotatable bonds is 5. The van der Waals surface area contributed by atoms with Gasteiger partial charge < -0.3 is 14.6 Å². The van der Waals surface area contributed by atoms with E-state index in [-0.39, 0.29) is 0 Å². The van der Waals surface area contributed by atoms with Crippen LogP contribution in [0.2, 0.25) is 0 Å². The van der Waals surface area contributed by atoms with Crippen LogP contribution in [0.1, 0.15) is 30.6 Å². The first-order chi connectivity index (χ1) is 11.1. The fourth-order valence-corrected chi connectivity index (χ4v) is 4.04. The topological polar surface area (TPSA) is 45.5 Å². The highest BCUT2D eigenvalue weighted by molar-refractivity contribution is 5.97. The summed E-state index contributed by atoms with van der Waals surface area (Å²) in [6, 6.07) is 7.86. The van der Waals surface area contributed by atoms with Crippen molar-refractivity contribution in [2.24, 2.45) is 11.8 Å². The minimum absolute atomic E-state index is 0.428. The van der Waals surface area contributed by atoms with Crippen LogP contribution in [0.5, 0.6) is 0 Å². The second kappa shape index (κ2) is 6.85. The molecule has 1 N–H and O–H groups in total. The summed E-state index contributed by atoms with van der Waals surface area (Å²) >= 11 is 0. The summed E-state index contributed by atoms with van der Waals surface area (Å²) in [5, 5.41) is 11.5. The molecule has 2 heterocycles. The second-order valence-corrected chi connectivity index (χ2v) is 7.19. The predicted octanol–water partition coefficient (Wildman–Crippen LogP) is 2.79. The van der Waals surface area contributed by atoms with Gasteiger partial charge in [-0.15, -0.1) is 0 Å². The summed E-state index contributed by atoms with van der Waals surface area (Å²) in [5.41, 5.74) is 1.70. The van der Waals surface area contributed by atoms with Crippen molar-refractivity contribution in [3.8, 4) is 0 Å². The number of fused-ring (bicyclic) bond motifs is 1. The van der Waals surface area contributed by atoms with E-state index in [0.717, 1.165) is 30.3 Å². The van der Waals surface area contributed by atoms with Crippen molar-refractivity contribution in [3.05, 3.63) is 36.0 Å². The van der Waals surface area contributed by atoms with Crippen LogP contribution >= 0.6 is 0 Å². The Morgan fingerprint density at radius 2 is 1.91 bits per heavy atom. The highest BCUT2D eigenvalue weighted by atomic mass is 16.3. The third kappa shape index (κ3) is 3.65. The maximum Gasteiger partial charge on any atom is 0.152 e. The van der Waals surface area contributed by atoms with E-state index in [4.69, 9.17) is 0 Å². The lowest BCUT2D eigenvalue weighted by atomic mass is 9.92. The molecule has 2 aromatic rings. The first-order valence-electron chi connectivity index (χ1n) is 8.50. The predicted molar refractivity (Wildman–Crippen MR) is 92.7 cm³/mol. The molecule has 1 saturated heterocycles. The minimum Gasteiger partial charge on any atom is -0.390 e. The summed E-state index contributed by atoms with van der Waals surface area (Å²) in [6.07, 6.45) is 3.59. The molecule has 4 heteroatoms. The largest absolute Gasteiger partial charge is 0.390 e. The Labute approximate surface area is 137 Å². The van der Waals surface area contributed by atoms with E-state index < -0.39 is 6.10 Å². The van der Waals surface area contributed by atoms with E-state index in [0.29, 0.717) is 30.5 Å². The minimum atomic E-state index is -0.428. The summed E-state index contributed by atoms with van der Waals surface area (Å²) in [4.78, 5) is 13.6. The van der Waals surface area contributed by atoms with Gasteiger partial charge in [0.2, 0.25) is 0 Å². The molecule has 3 unspecified atom stereocenters. The molecule has 0 saturated carbocycles. The van der Waals surface area contributed by atoms with Crippen molar-refractivity contribution in [1.82, 2.24) is 9.47 Å². The zero-order valence-electron chi connectivity index (χ0n) is 14.0. The Hall–Kier alpha value is -1.65. The van der Waals surface area contributed by atoms with Gasteiger partial charge in [-0.1, -0.05) is 32.0 Å². The second-order valence-electron chi connectivity index (χ2n) is 7.19. The number of aliphatic hydroxyl groups is 1. The number of aldehydes is 1. The van der Waals surface area contributed by atoms with Gasteiger partial charge in [-0.2, -0.15) is 0 Å². The summed E-state index contributed by atoms with van der Waals surface area (Å²) in [7, 11) is 0. The molecule has 0 radical (unpaired) electrons. The fourth-order valence-electron chi connectivity index (χ4n) is 4.04. The molecule has 1 aromatic heterocycles. The molecular weight excluding hydrogens is 288 g/mol. The van der Waals surface area contributed by atoms with Gasteiger partial charge in [0.25, 0.3) is 0 Å². The highest BCUT2D eigenvalue weighted by Crippen LogP contribution is 2.22. The summed E-state index contributed by atoms with van der Waals surface area (Å²) < 4.78 is 2.00. The Morgan fingerprint density at radius 1 is 1.22 bits per heavy atom. The average Bonchev–Trinajstić information content (AvgIpc) is 2.84. The maximum absolute atomic E-state index is 11.2. The van der Waals surface area contributed by atoms with Crippen molar-refractivity contribution < 1.29 is 9.90 Å². The molecule has 4 nitrogen and oxygen atoms in total.